The fourth-order valence-electron chi connectivity index (χ4n) is 3.89. The van der Waals surface area contributed by atoms with Crippen molar-refractivity contribution in [2.24, 2.45) is 0 Å². The molecule has 1 saturated carbocycles. The molecule has 0 saturated heterocycles. The van der Waals surface area contributed by atoms with Gasteiger partial charge in [0.05, 0.1) is 18.1 Å². The van der Waals surface area contributed by atoms with Crippen molar-refractivity contribution in [3.63, 3.8) is 0 Å². The number of hydrogen-bond donors (Lipinski definition) is 0. The van der Waals surface area contributed by atoms with E-state index >= 15 is 0 Å². The predicted molar refractivity (Wildman–Crippen MR) is 111 cm³/mol. The summed E-state index contributed by atoms with van der Waals surface area (Å²) in [6.45, 7) is 4.03. The second-order valence-corrected chi connectivity index (χ2v) is 9.13. The van der Waals surface area contributed by atoms with Gasteiger partial charge in [-0.25, -0.2) is 0 Å². The monoisotopic (exact) mass is 408 g/mol. The van der Waals surface area contributed by atoms with Crippen molar-refractivity contribution in [3.8, 4) is 0 Å². The number of thioether (sulfide) groups is 1. The molecule has 1 fully saturated rings. The van der Waals surface area contributed by atoms with Gasteiger partial charge in [0.15, 0.2) is 5.16 Å². The van der Waals surface area contributed by atoms with Crippen molar-refractivity contribution in [3.05, 3.63) is 65.4 Å². The largest absolute Gasteiger partial charge is 0.467 e. The number of carbonyl (C=O) groups excluding carboxylic acids is 1. The Hall–Kier alpha value is -2.54. The van der Waals surface area contributed by atoms with Crippen LogP contribution < -0.4 is 0 Å². The Labute approximate surface area is 174 Å². The highest BCUT2D eigenvalue weighted by Gasteiger charge is 2.32. The maximum atomic E-state index is 13.1. The van der Waals surface area contributed by atoms with Gasteiger partial charge < -0.3 is 9.32 Å². The Morgan fingerprint density at radius 1 is 1.21 bits per heavy atom. The number of benzene rings is 1. The van der Waals surface area contributed by atoms with Crippen LogP contribution in [0.4, 0.5) is 0 Å². The molecule has 2 aromatic heterocycles. The number of rotatable bonds is 6. The Balaban J connectivity index is 1.32. The number of nitrogens with zero attached hydrogens (tertiary/aromatic N) is 4. The lowest BCUT2D eigenvalue weighted by atomic mass is 10.00. The highest BCUT2D eigenvalue weighted by Crippen LogP contribution is 2.40. The highest BCUT2D eigenvalue weighted by atomic mass is 32.2. The van der Waals surface area contributed by atoms with Gasteiger partial charge in [-0.3, -0.25) is 9.36 Å². The van der Waals surface area contributed by atoms with Crippen LogP contribution in [0.1, 0.15) is 48.4 Å². The molecule has 1 aliphatic heterocycles. The second-order valence-electron chi connectivity index (χ2n) is 7.82. The van der Waals surface area contributed by atoms with Crippen molar-refractivity contribution < 1.29 is 9.21 Å². The Bertz CT molecular complexity index is 1010. The maximum absolute atomic E-state index is 13.1. The zero-order valence-electron chi connectivity index (χ0n) is 16.5. The minimum atomic E-state index is -0.216. The fraction of sp³-hybridized carbons (Fsp3) is 0.409. The molecule has 1 aliphatic carbocycles. The van der Waals surface area contributed by atoms with Crippen molar-refractivity contribution in [1.82, 2.24) is 19.7 Å². The van der Waals surface area contributed by atoms with Crippen LogP contribution in [-0.4, -0.2) is 37.4 Å². The van der Waals surface area contributed by atoms with E-state index in [1.165, 1.54) is 22.9 Å². The van der Waals surface area contributed by atoms with Gasteiger partial charge in [-0.1, -0.05) is 36.0 Å². The number of aromatic nitrogens is 3. The maximum Gasteiger partial charge on any atom is 0.236 e. The Kier molecular flexibility index (Phi) is 4.91. The van der Waals surface area contributed by atoms with Crippen molar-refractivity contribution >= 4 is 17.7 Å². The summed E-state index contributed by atoms with van der Waals surface area (Å²) in [4.78, 5) is 15.1. The minimum Gasteiger partial charge on any atom is -0.467 e. The topological polar surface area (TPSA) is 64.2 Å². The zero-order valence-corrected chi connectivity index (χ0v) is 17.3. The van der Waals surface area contributed by atoms with Gasteiger partial charge in [0.25, 0.3) is 0 Å². The molecule has 0 N–H and O–H groups in total. The first-order chi connectivity index (χ1) is 14.2. The molecular weight excluding hydrogens is 384 g/mol. The van der Waals surface area contributed by atoms with Crippen LogP contribution in [-0.2, 0) is 24.3 Å². The van der Waals surface area contributed by atoms with Crippen molar-refractivity contribution in [2.75, 3.05) is 6.54 Å². The first-order valence-corrected chi connectivity index (χ1v) is 11.0. The molecule has 0 bridgehead atoms. The van der Waals surface area contributed by atoms with E-state index in [0.29, 0.717) is 19.0 Å². The van der Waals surface area contributed by atoms with E-state index in [-0.39, 0.29) is 11.2 Å². The van der Waals surface area contributed by atoms with E-state index in [1.54, 1.807) is 6.26 Å². The summed E-state index contributed by atoms with van der Waals surface area (Å²) in [7, 11) is 0. The Morgan fingerprint density at radius 3 is 2.79 bits per heavy atom. The summed E-state index contributed by atoms with van der Waals surface area (Å²) in [5.74, 6) is 2.53. The van der Waals surface area contributed by atoms with E-state index in [1.807, 2.05) is 30.0 Å². The van der Waals surface area contributed by atoms with Gasteiger partial charge in [-0.2, -0.15) is 0 Å². The summed E-state index contributed by atoms with van der Waals surface area (Å²) < 4.78 is 7.66. The van der Waals surface area contributed by atoms with E-state index in [9.17, 15) is 4.79 Å². The van der Waals surface area contributed by atoms with Gasteiger partial charge in [-0.15, -0.1) is 10.2 Å². The molecule has 0 radical (unpaired) electrons. The van der Waals surface area contributed by atoms with Crippen molar-refractivity contribution in [2.45, 2.75) is 55.6 Å². The lowest BCUT2D eigenvalue weighted by Gasteiger charge is -2.30. The van der Waals surface area contributed by atoms with Crippen LogP contribution in [0.25, 0.3) is 0 Å². The molecule has 0 spiro atoms. The average molecular weight is 409 g/mol. The third-order valence-electron chi connectivity index (χ3n) is 5.65. The molecule has 6 nitrogen and oxygen atoms in total. The molecule has 0 unspecified atom stereocenters. The second kappa shape index (κ2) is 7.71. The van der Waals surface area contributed by atoms with Crippen LogP contribution >= 0.6 is 11.8 Å². The summed E-state index contributed by atoms with van der Waals surface area (Å²) in [6, 6.07) is 12.2. The third-order valence-corrected chi connectivity index (χ3v) is 6.72. The zero-order chi connectivity index (χ0) is 19.8. The molecule has 3 aromatic rings. The lowest BCUT2D eigenvalue weighted by Crippen LogP contribution is -2.40. The SMILES string of the molecule is C[C@@H](Sc1nnc(C2CC2)n1Cc1ccco1)C(=O)N1CCc2ccccc2C1. The first-order valence-electron chi connectivity index (χ1n) is 10.2. The summed E-state index contributed by atoms with van der Waals surface area (Å²) in [6.07, 6.45) is 4.91. The first kappa shape index (κ1) is 18.5. The van der Waals surface area contributed by atoms with Gasteiger partial charge in [-0.05, 0) is 49.4 Å². The van der Waals surface area contributed by atoms with Crippen LogP contribution in [0.3, 0.4) is 0 Å². The van der Waals surface area contributed by atoms with Gasteiger partial charge in [0, 0.05) is 19.0 Å². The van der Waals surface area contributed by atoms with E-state index < -0.39 is 0 Å². The third kappa shape index (κ3) is 3.83. The average Bonchev–Trinajstić information content (AvgIpc) is 3.32. The van der Waals surface area contributed by atoms with Crippen LogP contribution in [0.2, 0.25) is 0 Å². The summed E-state index contributed by atoms with van der Waals surface area (Å²) in [5.41, 5.74) is 2.60. The van der Waals surface area contributed by atoms with E-state index in [4.69, 9.17) is 4.42 Å². The number of carbonyl (C=O) groups is 1. The standard InChI is InChI=1S/C22H24N4O2S/c1-15(21(27)25-11-10-16-5-2-3-6-18(16)13-25)29-22-24-23-20(17-8-9-17)26(22)14-19-7-4-12-28-19/h2-7,12,15,17H,8-11,13-14H2,1H3/t15-/m1/s1. The number of hydrogen-bond acceptors (Lipinski definition) is 5. The molecule has 7 heteroatoms. The fourth-order valence-corrected chi connectivity index (χ4v) is 4.83. The smallest absolute Gasteiger partial charge is 0.236 e. The quantitative estimate of drug-likeness (QED) is 0.580. The van der Waals surface area contributed by atoms with Gasteiger partial charge in [0.1, 0.15) is 11.6 Å². The molecule has 150 valence electrons. The van der Waals surface area contributed by atoms with Crippen LogP contribution in [0, 0.1) is 0 Å². The summed E-state index contributed by atoms with van der Waals surface area (Å²) in [5, 5.41) is 9.44. The van der Waals surface area contributed by atoms with Gasteiger partial charge >= 0.3 is 0 Å². The number of fused-ring (bicyclic) bond motifs is 1. The molecule has 5 rings (SSSR count). The molecule has 3 heterocycles. The summed E-state index contributed by atoms with van der Waals surface area (Å²) >= 11 is 1.50. The van der Waals surface area contributed by atoms with Gasteiger partial charge in [0.2, 0.25) is 5.91 Å². The molecule has 1 amide bonds. The highest BCUT2D eigenvalue weighted by molar-refractivity contribution is 8.00. The normalized spacial score (nSPS) is 17.2. The Morgan fingerprint density at radius 2 is 2.03 bits per heavy atom. The minimum absolute atomic E-state index is 0.157. The molecular formula is C22H24N4O2S. The van der Waals surface area contributed by atoms with Crippen molar-refractivity contribution in [1.29, 1.82) is 0 Å². The molecule has 2 aliphatic rings. The van der Waals surface area contributed by atoms with Crippen LogP contribution in [0.5, 0.6) is 0 Å². The van der Waals surface area contributed by atoms with E-state index in [0.717, 1.165) is 42.5 Å². The lowest BCUT2D eigenvalue weighted by molar-refractivity contribution is -0.131. The molecule has 1 atom stereocenters. The number of amides is 1. The van der Waals surface area contributed by atoms with E-state index in [2.05, 4.69) is 33.0 Å². The predicted octanol–water partition coefficient (Wildman–Crippen LogP) is 3.86. The molecule has 1 aromatic carbocycles. The molecule has 29 heavy (non-hydrogen) atoms. The number of furan rings is 1. The van der Waals surface area contributed by atoms with Crippen LogP contribution in [0.15, 0.2) is 52.2 Å².